The summed E-state index contributed by atoms with van der Waals surface area (Å²) in [7, 11) is 0. The number of thiophene rings is 1. The van der Waals surface area contributed by atoms with Crippen molar-refractivity contribution in [2.24, 2.45) is 0 Å². The molecule has 0 unspecified atom stereocenters. The summed E-state index contributed by atoms with van der Waals surface area (Å²) in [6, 6.07) is 19.1. The summed E-state index contributed by atoms with van der Waals surface area (Å²) >= 11 is 1.54. The number of hydrogen-bond acceptors (Lipinski definition) is 3. The Morgan fingerprint density at radius 1 is 0.963 bits per heavy atom. The average molecular weight is 385 g/mol. The number of amides is 1. The monoisotopic (exact) mass is 385 g/mol. The Hall–Kier alpha value is -2.99. The number of ether oxygens (including phenoxy) is 1. The van der Waals surface area contributed by atoms with E-state index < -0.39 is 12.7 Å². The van der Waals surface area contributed by atoms with E-state index in [-0.39, 0.29) is 11.7 Å². The Morgan fingerprint density at radius 3 is 2.30 bits per heavy atom. The third-order valence-corrected chi connectivity index (χ3v) is 4.64. The van der Waals surface area contributed by atoms with Gasteiger partial charge in [-0.25, -0.2) is 0 Å². The highest BCUT2D eigenvalue weighted by Crippen LogP contribution is 2.25. The Kier molecular flexibility index (Phi) is 6.33. The molecule has 1 aromatic heterocycles. The lowest BCUT2D eigenvalue weighted by Crippen LogP contribution is -2.27. The summed E-state index contributed by atoms with van der Waals surface area (Å²) in [6.45, 7) is -2.87. The molecule has 0 radical (unpaired) electrons. The van der Waals surface area contributed by atoms with E-state index in [1.165, 1.54) is 18.2 Å². The quantitative estimate of drug-likeness (QED) is 0.563. The number of halogens is 2. The number of alkyl halides is 2. The molecule has 0 saturated carbocycles. The van der Waals surface area contributed by atoms with Gasteiger partial charge in [-0.05, 0) is 40.8 Å². The summed E-state index contributed by atoms with van der Waals surface area (Å²) < 4.78 is 29.0. The average Bonchev–Trinajstić information content (AvgIpc) is 3.19. The standard InChI is InChI=1S/C21H17F2NO2S/c22-21(23)26-17-10-8-16(9-11-17)20(15-5-2-1-3-6-15)24-19(25)13-12-18-7-4-14-27-18/h1-14,20-21H,(H,24,25)/b13-12+/t20-/m0/s1. The van der Waals surface area contributed by atoms with Gasteiger partial charge in [0, 0.05) is 11.0 Å². The predicted molar refractivity (Wildman–Crippen MR) is 103 cm³/mol. The van der Waals surface area contributed by atoms with Gasteiger partial charge in [-0.3, -0.25) is 4.79 Å². The van der Waals surface area contributed by atoms with Gasteiger partial charge in [0.05, 0.1) is 6.04 Å². The minimum Gasteiger partial charge on any atom is -0.435 e. The number of nitrogens with one attached hydrogen (secondary N) is 1. The van der Waals surface area contributed by atoms with Crippen LogP contribution in [0.5, 0.6) is 5.75 Å². The lowest BCUT2D eigenvalue weighted by atomic mass is 9.98. The van der Waals surface area contributed by atoms with Crippen molar-refractivity contribution < 1.29 is 18.3 Å². The van der Waals surface area contributed by atoms with Crippen LogP contribution in [0.1, 0.15) is 22.0 Å². The molecule has 1 amide bonds. The molecule has 1 N–H and O–H groups in total. The van der Waals surface area contributed by atoms with Crippen molar-refractivity contribution in [1.29, 1.82) is 0 Å². The van der Waals surface area contributed by atoms with Crippen molar-refractivity contribution in [2.75, 3.05) is 0 Å². The molecular formula is C21H17F2NO2S. The molecule has 0 fully saturated rings. The number of carbonyl (C=O) groups is 1. The summed E-state index contributed by atoms with van der Waals surface area (Å²) in [5.41, 5.74) is 1.65. The molecule has 27 heavy (non-hydrogen) atoms. The first kappa shape index (κ1) is 18.8. The molecule has 0 aliphatic rings. The van der Waals surface area contributed by atoms with Gasteiger partial charge in [-0.1, -0.05) is 48.5 Å². The molecule has 3 rings (SSSR count). The molecule has 6 heteroatoms. The summed E-state index contributed by atoms with van der Waals surface area (Å²) in [6.07, 6.45) is 3.23. The van der Waals surface area contributed by atoms with Gasteiger partial charge in [-0.15, -0.1) is 11.3 Å². The zero-order chi connectivity index (χ0) is 19.1. The molecule has 0 saturated heterocycles. The molecule has 0 aliphatic heterocycles. The third kappa shape index (κ3) is 5.49. The van der Waals surface area contributed by atoms with E-state index in [1.54, 1.807) is 29.5 Å². The highest BCUT2D eigenvalue weighted by Gasteiger charge is 2.16. The van der Waals surface area contributed by atoms with Gasteiger partial charge >= 0.3 is 6.61 Å². The van der Waals surface area contributed by atoms with Crippen molar-refractivity contribution >= 4 is 23.3 Å². The van der Waals surface area contributed by atoms with Crippen LogP contribution in [0, 0.1) is 0 Å². The topological polar surface area (TPSA) is 38.3 Å². The maximum absolute atomic E-state index is 12.4. The zero-order valence-electron chi connectivity index (χ0n) is 14.2. The summed E-state index contributed by atoms with van der Waals surface area (Å²) in [4.78, 5) is 13.4. The lowest BCUT2D eigenvalue weighted by molar-refractivity contribution is -0.116. The van der Waals surface area contributed by atoms with Crippen LogP contribution in [0.15, 0.2) is 78.2 Å². The molecule has 1 heterocycles. The van der Waals surface area contributed by atoms with E-state index in [9.17, 15) is 13.6 Å². The van der Waals surface area contributed by atoms with Crippen LogP contribution in [0.2, 0.25) is 0 Å². The van der Waals surface area contributed by atoms with Crippen LogP contribution in [0.4, 0.5) is 8.78 Å². The molecule has 0 bridgehead atoms. The van der Waals surface area contributed by atoms with E-state index in [1.807, 2.05) is 47.8 Å². The number of rotatable bonds is 7. The summed E-state index contributed by atoms with van der Waals surface area (Å²) in [5, 5.41) is 4.90. The molecule has 0 aliphatic carbocycles. The molecule has 0 spiro atoms. The second kappa shape index (κ2) is 9.09. The minimum atomic E-state index is -2.87. The fourth-order valence-electron chi connectivity index (χ4n) is 2.58. The fraction of sp³-hybridized carbons (Fsp3) is 0.0952. The maximum Gasteiger partial charge on any atom is 0.387 e. The van der Waals surface area contributed by atoms with Crippen LogP contribution < -0.4 is 10.1 Å². The van der Waals surface area contributed by atoms with Crippen LogP contribution in [0.3, 0.4) is 0 Å². The smallest absolute Gasteiger partial charge is 0.387 e. The molecule has 2 aromatic carbocycles. The van der Waals surface area contributed by atoms with E-state index >= 15 is 0 Å². The van der Waals surface area contributed by atoms with Crippen LogP contribution in [-0.2, 0) is 4.79 Å². The molecular weight excluding hydrogens is 368 g/mol. The van der Waals surface area contributed by atoms with Crippen molar-refractivity contribution in [3.63, 3.8) is 0 Å². The number of benzene rings is 2. The SMILES string of the molecule is O=C(/C=C/c1cccs1)N[C@@H](c1ccccc1)c1ccc(OC(F)F)cc1. The van der Waals surface area contributed by atoms with E-state index in [2.05, 4.69) is 10.1 Å². The lowest BCUT2D eigenvalue weighted by Gasteiger charge is -2.19. The zero-order valence-corrected chi connectivity index (χ0v) is 15.0. The van der Waals surface area contributed by atoms with Crippen molar-refractivity contribution in [3.8, 4) is 5.75 Å². The minimum absolute atomic E-state index is 0.0736. The van der Waals surface area contributed by atoms with E-state index in [4.69, 9.17) is 0 Å². The number of hydrogen-bond donors (Lipinski definition) is 1. The van der Waals surface area contributed by atoms with Gasteiger partial charge in [0.1, 0.15) is 5.75 Å². The van der Waals surface area contributed by atoms with Crippen LogP contribution in [0.25, 0.3) is 6.08 Å². The Labute approximate surface area is 159 Å². The van der Waals surface area contributed by atoms with Crippen molar-refractivity contribution in [3.05, 3.63) is 94.2 Å². The second-order valence-electron chi connectivity index (χ2n) is 5.65. The van der Waals surface area contributed by atoms with Crippen LogP contribution in [-0.4, -0.2) is 12.5 Å². The summed E-state index contributed by atoms with van der Waals surface area (Å²) in [5.74, 6) is -0.172. The largest absolute Gasteiger partial charge is 0.435 e. The van der Waals surface area contributed by atoms with Gasteiger partial charge < -0.3 is 10.1 Å². The normalized spacial score (nSPS) is 12.3. The molecule has 3 aromatic rings. The highest BCUT2D eigenvalue weighted by atomic mass is 32.1. The highest BCUT2D eigenvalue weighted by molar-refractivity contribution is 7.10. The van der Waals surface area contributed by atoms with Gasteiger partial charge in [0.15, 0.2) is 0 Å². The predicted octanol–water partition coefficient (Wildman–Crippen LogP) is 5.27. The van der Waals surface area contributed by atoms with Crippen molar-refractivity contribution in [1.82, 2.24) is 5.32 Å². The Bertz CT molecular complexity index is 878. The van der Waals surface area contributed by atoms with Gasteiger partial charge in [0.2, 0.25) is 5.91 Å². The number of carbonyl (C=O) groups excluding carboxylic acids is 1. The van der Waals surface area contributed by atoms with Gasteiger partial charge in [-0.2, -0.15) is 8.78 Å². The first-order valence-electron chi connectivity index (χ1n) is 8.23. The molecule has 3 nitrogen and oxygen atoms in total. The van der Waals surface area contributed by atoms with E-state index in [0.29, 0.717) is 0 Å². The van der Waals surface area contributed by atoms with Gasteiger partial charge in [0.25, 0.3) is 0 Å². The fourth-order valence-corrected chi connectivity index (χ4v) is 3.20. The molecule has 138 valence electrons. The first-order valence-corrected chi connectivity index (χ1v) is 9.11. The van der Waals surface area contributed by atoms with E-state index in [0.717, 1.165) is 16.0 Å². The van der Waals surface area contributed by atoms with Crippen molar-refractivity contribution in [2.45, 2.75) is 12.7 Å². The Balaban J connectivity index is 1.80. The Morgan fingerprint density at radius 2 is 1.67 bits per heavy atom. The third-order valence-electron chi connectivity index (χ3n) is 3.80. The maximum atomic E-state index is 12.4. The van der Waals surface area contributed by atoms with Crippen LogP contribution >= 0.6 is 11.3 Å². The second-order valence-corrected chi connectivity index (χ2v) is 6.63. The molecule has 1 atom stereocenters. The first-order chi connectivity index (χ1) is 13.1.